The predicted octanol–water partition coefficient (Wildman–Crippen LogP) is 0.513. The van der Waals surface area contributed by atoms with Gasteiger partial charge in [0.1, 0.15) is 11.3 Å². The molecule has 0 saturated carbocycles. The highest BCUT2D eigenvalue weighted by atomic mass is 16.1. The highest BCUT2D eigenvalue weighted by Crippen LogP contribution is 2.15. The fourth-order valence-corrected chi connectivity index (χ4v) is 2.01. The van der Waals surface area contributed by atoms with E-state index in [9.17, 15) is 4.79 Å². The van der Waals surface area contributed by atoms with Crippen molar-refractivity contribution in [2.45, 2.75) is 26.8 Å². The first-order chi connectivity index (χ1) is 9.11. The van der Waals surface area contributed by atoms with E-state index in [1.54, 1.807) is 0 Å². The van der Waals surface area contributed by atoms with E-state index in [0.29, 0.717) is 26.1 Å². The van der Waals surface area contributed by atoms with Crippen molar-refractivity contribution in [3.8, 4) is 0 Å². The maximum Gasteiger partial charge on any atom is 0.221 e. The maximum atomic E-state index is 11.6. The second-order valence-corrected chi connectivity index (χ2v) is 4.55. The van der Waals surface area contributed by atoms with Crippen molar-refractivity contribution in [2.24, 2.45) is 5.73 Å². The number of nitrogens with one attached hydrogen (secondary N) is 1. The molecule has 1 amide bonds. The third kappa shape index (κ3) is 3.08. The average molecular weight is 261 g/mol. The molecule has 0 fully saturated rings. The molecule has 19 heavy (non-hydrogen) atoms. The SMILES string of the molecule is Cc1cnc2c(c1)nc(C)n2CCC(=O)NCCN. The third-order valence-electron chi connectivity index (χ3n) is 2.94. The van der Waals surface area contributed by atoms with Gasteiger partial charge in [0.15, 0.2) is 5.65 Å². The van der Waals surface area contributed by atoms with Crippen LogP contribution in [0.2, 0.25) is 0 Å². The van der Waals surface area contributed by atoms with Crippen LogP contribution in [0, 0.1) is 13.8 Å². The van der Waals surface area contributed by atoms with Crippen LogP contribution in [-0.2, 0) is 11.3 Å². The topological polar surface area (TPSA) is 85.8 Å². The lowest BCUT2D eigenvalue weighted by molar-refractivity contribution is -0.121. The molecule has 0 aliphatic heterocycles. The molecule has 3 N–H and O–H groups in total. The summed E-state index contributed by atoms with van der Waals surface area (Å²) in [6, 6.07) is 2.00. The van der Waals surface area contributed by atoms with E-state index in [2.05, 4.69) is 15.3 Å². The van der Waals surface area contributed by atoms with Gasteiger partial charge in [-0.1, -0.05) is 0 Å². The molecule has 2 rings (SSSR count). The summed E-state index contributed by atoms with van der Waals surface area (Å²) in [4.78, 5) is 20.4. The van der Waals surface area contributed by atoms with Crippen LogP contribution in [0.25, 0.3) is 11.2 Å². The Balaban J connectivity index is 2.12. The van der Waals surface area contributed by atoms with Gasteiger partial charge in [-0.05, 0) is 25.5 Å². The Morgan fingerprint density at radius 2 is 2.26 bits per heavy atom. The highest BCUT2D eigenvalue weighted by Gasteiger charge is 2.10. The van der Waals surface area contributed by atoms with Crippen molar-refractivity contribution < 1.29 is 4.79 Å². The molecule has 0 aromatic carbocycles. The summed E-state index contributed by atoms with van der Waals surface area (Å²) >= 11 is 0. The summed E-state index contributed by atoms with van der Waals surface area (Å²) in [5.41, 5.74) is 8.12. The van der Waals surface area contributed by atoms with Crippen molar-refractivity contribution in [1.29, 1.82) is 0 Å². The van der Waals surface area contributed by atoms with E-state index in [1.165, 1.54) is 0 Å². The molecule has 0 aliphatic carbocycles. The summed E-state index contributed by atoms with van der Waals surface area (Å²) < 4.78 is 1.97. The second-order valence-electron chi connectivity index (χ2n) is 4.55. The van der Waals surface area contributed by atoms with Crippen molar-refractivity contribution in [3.05, 3.63) is 23.7 Å². The van der Waals surface area contributed by atoms with Gasteiger partial charge in [-0.2, -0.15) is 0 Å². The summed E-state index contributed by atoms with van der Waals surface area (Å²) in [6.45, 7) is 5.46. The van der Waals surface area contributed by atoms with E-state index in [-0.39, 0.29) is 5.91 Å². The van der Waals surface area contributed by atoms with Crippen molar-refractivity contribution in [1.82, 2.24) is 19.9 Å². The molecule has 0 radical (unpaired) electrons. The van der Waals surface area contributed by atoms with Gasteiger partial charge in [0.25, 0.3) is 0 Å². The Morgan fingerprint density at radius 1 is 1.47 bits per heavy atom. The number of pyridine rings is 1. The first-order valence-electron chi connectivity index (χ1n) is 6.38. The number of carbonyl (C=O) groups is 1. The van der Waals surface area contributed by atoms with Crippen molar-refractivity contribution in [3.63, 3.8) is 0 Å². The van der Waals surface area contributed by atoms with Gasteiger partial charge in [-0.15, -0.1) is 0 Å². The van der Waals surface area contributed by atoms with Gasteiger partial charge in [0.2, 0.25) is 5.91 Å². The van der Waals surface area contributed by atoms with E-state index in [0.717, 1.165) is 22.6 Å². The molecule has 0 aliphatic rings. The number of aromatic nitrogens is 3. The number of imidazole rings is 1. The minimum Gasteiger partial charge on any atom is -0.355 e. The molecule has 0 spiro atoms. The second kappa shape index (κ2) is 5.79. The molecule has 0 bridgehead atoms. The minimum absolute atomic E-state index is 0.00110. The van der Waals surface area contributed by atoms with Crippen molar-refractivity contribution >= 4 is 17.1 Å². The molecule has 0 atom stereocenters. The summed E-state index contributed by atoms with van der Waals surface area (Å²) in [5.74, 6) is 0.874. The number of aryl methyl sites for hydroxylation is 3. The maximum absolute atomic E-state index is 11.6. The number of amides is 1. The van der Waals surface area contributed by atoms with Crippen LogP contribution < -0.4 is 11.1 Å². The fraction of sp³-hybridized carbons (Fsp3) is 0.462. The highest BCUT2D eigenvalue weighted by molar-refractivity contribution is 5.76. The monoisotopic (exact) mass is 261 g/mol. The number of fused-ring (bicyclic) bond motifs is 1. The Labute approximate surface area is 112 Å². The zero-order valence-corrected chi connectivity index (χ0v) is 11.3. The molecule has 6 nitrogen and oxygen atoms in total. The first kappa shape index (κ1) is 13.5. The lowest BCUT2D eigenvalue weighted by Crippen LogP contribution is -2.29. The molecule has 2 aromatic rings. The van der Waals surface area contributed by atoms with Crippen LogP contribution in [0.5, 0.6) is 0 Å². The van der Waals surface area contributed by atoms with Gasteiger partial charge in [0.05, 0.1) is 0 Å². The number of nitrogens with zero attached hydrogens (tertiary/aromatic N) is 3. The Hall–Kier alpha value is -1.95. The van der Waals surface area contributed by atoms with E-state index < -0.39 is 0 Å². The first-order valence-corrected chi connectivity index (χ1v) is 6.38. The normalized spacial score (nSPS) is 10.9. The van der Waals surface area contributed by atoms with Crippen LogP contribution >= 0.6 is 0 Å². The standard InChI is InChI=1S/C13H19N5O/c1-9-7-11-13(16-8-9)18(10(2)17-11)6-3-12(19)15-5-4-14/h7-8H,3-6,14H2,1-2H3,(H,15,19). The number of hydrogen-bond acceptors (Lipinski definition) is 4. The molecule has 102 valence electrons. The minimum atomic E-state index is -0.00110. The molecule has 0 saturated heterocycles. The van der Waals surface area contributed by atoms with Crippen molar-refractivity contribution in [2.75, 3.05) is 13.1 Å². The molecule has 2 heterocycles. The quantitative estimate of drug-likeness (QED) is 0.821. The predicted molar refractivity (Wildman–Crippen MR) is 73.7 cm³/mol. The van der Waals surface area contributed by atoms with E-state index in [1.807, 2.05) is 30.7 Å². The Kier molecular flexibility index (Phi) is 4.11. The Morgan fingerprint density at radius 3 is 3.00 bits per heavy atom. The molecule has 6 heteroatoms. The molecular weight excluding hydrogens is 242 g/mol. The fourth-order valence-electron chi connectivity index (χ4n) is 2.01. The number of rotatable bonds is 5. The molecule has 0 unspecified atom stereocenters. The van der Waals surface area contributed by atoms with Gasteiger partial charge < -0.3 is 15.6 Å². The molecule has 2 aromatic heterocycles. The lowest BCUT2D eigenvalue weighted by atomic mass is 10.3. The summed E-state index contributed by atoms with van der Waals surface area (Å²) in [7, 11) is 0. The summed E-state index contributed by atoms with van der Waals surface area (Å²) in [5, 5.41) is 2.75. The van der Waals surface area contributed by atoms with Crippen LogP contribution in [0.3, 0.4) is 0 Å². The average Bonchev–Trinajstić information content (AvgIpc) is 2.68. The lowest BCUT2D eigenvalue weighted by Gasteiger charge is -2.06. The Bertz CT molecular complexity index is 590. The number of nitrogens with two attached hydrogens (primary N) is 1. The third-order valence-corrected chi connectivity index (χ3v) is 2.94. The van der Waals surface area contributed by atoms with Gasteiger partial charge >= 0.3 is 0 Å². The van der Waals surface area contributed by atoms with Crippen LogP contribution in [0.15, 0.2) is 12.3 Å². The molecular formula is C13H19N5O. The zero-order valence-electron chi connectivity index (χ0n) is 11.3. The largest absolute Gasteiger partial charge is 0.355 e. The van der Waals surface area contributed by atoms with Crippen LogP contribution in [0.1, 0.15) is 17.8 Å². The summed E-state index contributed by atoms with van der Waals surface area (Å²) in [6.07, 6.45) is 2.22. The van der Waals surface area contributed by atoms with E-state index in [4.69, 9.17) is 5.73 Å². The van der Waals surface area contributed by atoms with Gasteiger partial charge in [-0.3, -0.25) is 4.79 Å². The number of hydrogen-bond donors (Lipinski definition) is 2. The van der Waals surface area contributed by atoms with E-state index >= 15 is 0 Å². The zero-order chi connectivity index (χ0) is 13.8. The van der Waals surface area contributed by atoms with Crippen LogP contribution in [0.4, 0.5) is 0 Å². The van der Waals surface area contributed by atoms with Gasteiger partial charge in [-0.25, -0.2) is 9.97 Å². The smallest absolute Gasteiger partial charge is 0.221 e. The van der Waals surface area contributed by atoms with Crippen LogP contribution in [-0.4, -0.2) is 33.5 Å². The number of carbonyl (C=O) groups excluding carboxylic acids is 1. The van der Waals surface area contributed by atoms with Gasteiger partial charge in [0, 0.05) is 32.3 Å².